The number of hydrogen-bond acceptors (Lipinski definition) is 5. The zero-order chi connectivity index (χ0) is 15.7. The first-order valence-electron chi connectivity index (χ1n) is 6.87. The largest absolute Gasteiger partial charge is 0.492 e. The highest BCUT2D eigenvalue weighted by atomic mass is 32.1. The summed E-state index contributed by atoms with van der Waals surface area (Å²) in [6.07, 6.45) is 0.134. The standard InChI is InChI=1S/C15H24N2O3S/c1-17(10-13(18)11-19-2)7-8-20-14-5-3-12(4-6-14)9-15(16)21/h3-6,13,18H,7-11H2,1-2H3,(H2,16,21). The van der Waals surface area contributed by atoms with Crippen molar-refractivity contribution in [2.45, 2.75) is 12.5 Å². The number of nitrogens with zero attached hydrogens (tertiary/aromatic N) is 1. The second-order valence-corrected chi connectivity index (χ2v) is 5.53. The monoisotopic (exact) mass is 312 g/mol. The number of ether oxygens (including phenoxy) is 2. The molecule has 0 spiro atoms. The molecule has 0 bridgehead atoms. The number of benzene rings is 1. The van der Waals surface area contributed by atoms with Crippen molar-refractivity contribution in [2.75, 3.05) is 40.5 Å². The molecule has 0 amide bonds. The lowest BCUT2D eigenvalue weighted by Gasteiger charge is -2.20. The van der Waals surface area contributed by atoms with E-state index in [1.54, 1.807) is 7.11 Å². The number of nitrogens with two attached hydrogens (primary N) is 1. The third kappa shape index (κ3) is 7.96. The van der Waals surface area contributed by atoms with Crippen molar-refractivity contribution < 1.29 is 14.6 Å². The van der Waals surface area contributed by atoms with Gasteiger partial charge in [-0.15, -0.1) is 0 Å². The maximum atomic E-state index is 9.61. The van der Waals surface area contributed by atoms with Gasteiger partial charge < -0.3 is 25.2 Å². The minimum atomic E-state index is -0.473. The van der Waals surface area contributed by atoms with Crippen LogP contribution in [0.4, 0.5) is 0 Å². The molecular formula is C15H24N2O3S. The van der Waals surface area contributed by atoms with Gasteiger partial charge in [0.1, 0.15) is 12.4 Å². The molecule has 3 N–H and O–H groups in total. The summed E-state index contributed by atoms with van der Waals surface area (Å²) in [7, 11) is 3.51. The number of rotatable bonds is 10. The third-order valence-electron chi connectivity index (χ3n) is 2.92. The maximum Gasteiger partial charge on any atom is 0.119 e. The Morgan fingerprint density at radius 3 is 2.62 bits per heavy atom. The first kappa shape index (κ1) is 17.8. The van der Waals surface area contributed by atoms with Crippen LogP contribution >= 0.6 is 12.2 Å². The molecule has 0 saturated carbocycles. The lowest BCUT2D eigenvalue weighted by atomic mass is 10.1. The van der Waals surface area contributed by atoms with Crippen LogP contribution in [0, 0.1) is 0 Å². The second-order valence-electron chi connectivity index (χ2n) is 5.01. The number of aliphatic hydroxyl groups is 1. The highest BCUT2D eigenvalue weighted by Gasteiger charge is 2.07. The van der Waals surface area contributed by atoms with E-state index in [2.05, 4.69) is 0 Å². The Kier molecular flexibility index (Phi) is 8.22. The van der Waals surface area contributed by atoms with Gasteiger partial charge in [0.05, 0.1) is 17.7 Å². The molecule has 0 aliphatic heterocycles. The van der Waals surface area contributed by atoms with Crippen molar-refractivity contribution in [3.8, 4) is 5.75 Å². The van der Waals surface area contributed by atoms with Crippen molar-refractivity contribution in [3.63, 3.8) is 0 Å². The Morgan fingerprint density at radius 2 is 2.05 bits per heavy atom. The van der Waals surface area contributed by atoms with E-state index in [9.17, 15) is 5.11 Å². The second kappa shape index (κ2) is 9.68. The summed E-state index contributed by atoms with van der Waals surface area (Å²) in [5, 5.41) is 9.61. The van der Waals surface area contributed by atoms with Crippen molar-refractivity contribution >= 4 is 17.2 Å². The molecule has 118 valence electrons. The Balaban J connectivity index is 2.27. The van der Waals surface area contributed by atoms with E-state index >= 15 is 0 Å². The van der Waals surface area contributed by atoms with Gasteiger partial charge in [0.25, 0.3) is 0 Å². The number of likely N-dealkylation sites (N-methyl/N-ethyl adjacent to an activating group) is 1. The molecule has 0 aromatic heterocycles. The number of hydrogen-bond donors (Lipinski definition) is 2. The van der Waals surface area contributed by atoms with Crippen LogP contribution < -0.4 is 10.5 Å². The van der Waals surface area contributed by atoms with Gasteiger partial charge in [-0.1, -0.05) is 24.4 Å². The zero-order valence-corrected chi connectivity index (χ0v) is 13.4. The summed E-state index contributed by atoms with van der Waals surface area (Å²) >= 11 is 4.87. The molecule has 0 saturated heterocycles. The van der Waals surface area contributed by atoms with Gasteiger partial charge in [0.2, 0.25) is 0 Å². The summed E-state index contributed by atoms with van der Waals surface area (Å²) in [4.78, 5) is 2.49. The molecular weight excluding hydrogens is 288 g/mol. The molecule has 0 radical (unpaired) electrons. The Hall–Kier alpha value is -1.21. The zero-order valence-electron chi connectivity index (χ0n) is 12.6. The van der Waals surface area contributed by atoms with Gasteiger partial charge in [-0.05, 0) is 24.7 Å². The molecule has 1 aromatic carbocycles. The average Bonchev–Trinajstić information content (AvgIpc) is 2.40. The fraction of sp³-hybridized carbons (Fsp3) is 0.533. The summed E-state index contributed by atoms with van der Waals surface area (Å²) < 4.78 is 10.6. The van der Waals surface area contributed by atoms with E-state index in [-0.39, 0.29) is 0 Å². The van der Waals surface area contributed by atoms with Crippen LogP contribution in [0.2, 0.25) is 0 Å². The van der Waals surface area contributed by atoms with Crippen molar-refractivity contribution in [3.05, 3.63) is 29.8 Å². The van der Waals surface area contributed by atoms with Crippen LogP contribution in [0.1, 0.15) is 5.56 Å². The molecule has 5 nitrogen and oxygen atoms in total. The van der Waals surface area contributed by atoms with E-state index in [1.165, 1.54) is 0 Å². The quantitative estimate of drug-likeness (QED) is 0.624. The molecule has 0 aliphatic rings. The molecule has 1 unspecified atom stereocenters. The van der Waals surface area contributed by atoms with Crippen molar-refractivity contribution in [2.24, 2.45) is 5.73 Å². The first-order valence-corrected chi connectivity index (χ1v) is 7.27. The predicted octanol–water partition coefficient (Wildman–Crippen LogP) is 0.833. The summed E-state index contributed by atoms with van der Waals surface area (Å²) in [6.45, 7) is 2.19. The highest BCUT2D eigenvalue weighted by Crippen LogP contribution is 2.12. The van der Waals surface area contributed by atoms with Crippen LogP contribution in [-0.2, 0) is 11.2 Å². The minimum absolute atomic E-state index is 0.343. The van der Waals surface area contributed by atoms with E-state index in [4.69, 9.17) is 27.4 Å². The SMILES string of the molecule is COCC(O)CN(C)CCOc1ccc(CC(N)=S)cc1. The first-order chi connectivity index (χ1) is 10.0. The van der Waals surface area contributed by atoms with Gasteiger partial charge in [0, 0.05) is 26.6 Å². The molecule has 1 aromatic rings. The Labute approximate surface area is 131 Å². The van der Waals surface area contributed by atoms with Crippen LogP contribution in [0.5, 0.6) is 5.75 Å². The fourth-order valence-electron chi connectivity index (χ4n) is 1.92. The molecule has 6 heteroatoms. The van der Waals surface area contributed by atoms with Gasteiger partial charge >= 0.3 is 0 Å². The summed E-state index contributed by atoms with van der Waals surface area (Å²) in [5.41, 5.74) is 6.58. The van der Waals surface area contributed by atoms with Crippen LogP contribution in [0.25, 0.3) is 0 Å². The van der Waals surface area contributed by atoms with E-state index in [0.717, 1.165) is 17.9 Å². The van der Waals surface area contributed by atoms with Gasteiger partial charge in [-0.2, -0.15) is 0 Å². The Bertz CT molecular complexity index is 425. The molecule has 21 heavy (non-hydrogen) atoms. The van der Waals surface area contributed by atoms with Crippen molar-refractivity contribution in [1.82, 2.24) is 4.90 Å². The van der Waals surface area contributed by atoms with Gasteiger partial charge in [-0.25, -0.2) is 0 Å². The molecule has 0 heterocycles. The summed E-state index contributed by atoms with van der Waals surface area (Å²) in [6, 6.07) is 7.74. The van der Waals surface area contributed by atoms with Crippen LogP contribution in [0.15, 0.2) is 24.3 Å². The maximum absolute atomic E-state index is 9.61. The lowest BCUT2D eigenvalue weighted by molar-refractivity contribution is 0.0410. The third-order valence-corrected chi connectivity index (χ3v) is 3.07. The smallest absolute Gasteiger partial charge is 0.119 e. The van der Waals surface area contributed by atoms with E-state index < -0.39 is 6.10 Å². The Morgan fingerprint density at radius 1 is 1.38 bits per heavy atom. The minimum Gasteiger partial charge on any atom is -0.492 e. The molecule has 1 rings (SSSR count). The van der Waals surface area contributed by atoms with Crippen molar-refractivity contribution in [1.29, 1.82) is 0 Å². The molecule has 0 aliphatic carbocycles. The normalized spacial score (nSPS) is 12.4. The van der Waals surface area contributed by atoms with Gasteiger partial charge in [-0.3, -0.25) is 0 Å². The number of thiocarbonyl (C=S) groups is 1. The average molecular weight is 312 g/mol. The number of aliphatic hydroxyl groups excluding tert-OH is 1. The fourth-order valence-corrected chi connectivity index (χ4v) is 2.09. The van der Waals surface area contributed by atoms with E-state index in [0.29, 0.717) is 31.2 Å². The summed E-state index contributed by atoms with van der Waals surface area (Å²) in [5.74, 6) is 0.813. The van der Waals surface area contributed by atoms with E-state index in [1.807, 2.05) is 36.2 Å². The molecule has 0 fully saturated rings. The molecule has 1 atom stereocenters. The topological polar surface area (TPSA) is 68.0 Å². The van der Waals surface area contributed by atoms with Crippen LogP contribution in [0.3, 0.4) is 0 Å². The van der Waals surface area contributed by atoms with Crippen LogP contribution in [-0.4, -0.2) is 61.6 Å². The van der Waals surface area contributed by atoms with Gasteiger partial charge in [0.15, 0.2) is 0 Å². The highest BCUT2D eigenvalue weighted by molar-refractivity contribution is 7.80. The lowest BCUT2D eigenvalue weighted by Crippen LogP contribution is -2.34. The number of methoxy groups -OCH3 is 1. The predicted molar refractivity (Wildman–Crippen MR) is 87.8 cm³/mol.